The molecule has 1 unspecified atom stereocenters. The zero-order chi connectivity index (χ0) is 13.8. The molecule has 0 spiro atoms. The zero-order valence-electron chi connectivity index (χ0n) is 11.4. The molecule has 1 aromatic heterocycles. The quantitative estimate of drug-likeness (QED) is 0.664. The van der Waals surface area contributed by atoms with E-state index in [0.717, 1.165) is 38.2 Å². The van der Waals surface area contributed by atoms with Crippen molar-refractivity contribution in [1.82, 2.24) is 10.3 Å². The SMILES string of the molecule is CCN(c1nc(C)ccc1[N+](=O)[O-])C1CCCNC1. The lowest BCUT2D eigenvalue weighted by Gasteiger charge is -2.34. The lowest BCUT2D eigenvalue weighted by molar-refractivity contribution is -0.384. The van der Waals surface area contributed by atoms with Gasteiger partial charge in [0.05, 0.1) is 4.92 Å². The summed E-state index contributed by atoms with van der Waals surface area (Å²) in [5, 5.41) is 14.5. The summed E-state index contributed by atoms with van der Waals surface area (Å²) in [4.78, 5) is 17.3. The van der Waals surface area contributed by atoms with Crippen molar-refractivity contribution in [2.45, 2.75) is 32.7 Å². The molecule has 19 heavy (non-hydrogen) atoms. The molecular weight excluding hydrogens is 244 g/mol. The summed E-state index contributed by atoms with van der Waals surface area (Å²) in [5.41, 5.74) is 0.904. The third-order valence-electron chi connectivity index (χ3n) is 3.51. The Bertz CT molecular complexity index is 458. The van der Waals surface area contributed by atoms with Crippen LogP contribution in [0.5, 0.6) is 0 Å². The first-order valence-electron chi connectivity index (χ1n) is 6.73. The van der Waals surface area contributed by atoms with Crippen LogP contribution in [0.1, 0.15) is 25.5 Å². The topological polar surface area (TPSA) is 71.3 Å². The summed E-state index contributed by atoms with van der Waals surface area (Å²) in [7, 11) is 0. The Balaban J connectivity index is 2.35. The molecule has 0 saturated carbocycles. The van der Waals surface area contributed by atoms with E-state index in [-0.39, 0.29) is 16.7 Å². The predicted octanol–water partition coefficient (Wildman–Crippen LogP) is 1.88. The third-order valence-corrected chi connectivity index (χ3v) is 3.51. The van der Waals surface area contributed by atoms with E-state index in [1.807, 2.05) is 13.8 Å². The highest BCUT2D eigenvalue weighted by Gasteiger charge is 2.27. The van der Waals surface area contributed by atoms with Crippen molar-refractivity contribution < 1.29 is 4.92 Å². The maximum atomic E-state index is 11.2. The minimum absolute atomic E-state index is 0.0954. The Labute approximate surface area is 113 Å². The summed E-state index contributed by atoms with van der Waals surface area (Å²) in [6.45, 7) is 6.49. The molecule has 6 heteroatoms. The lowest BCUT2D eigenvalue weighted by Crippen LogP contribution is -2.46. The molecule has 0 bridgehead atoms. The number of rotatable bonds is 4. The molecule has 2 rings (SSSR count). The van der Waals surface area contributed by atoms with E-state index in [1.165, 1.54) is 0 Å². The molecule has 1 atom stereocenters. The minimum atomic E-state index is -0.347. The fourth-order valence-corrected chi connectivity index (χ4v) is 2.57. The highest BCUT2D eigenvalue weighted by atomic mass is 16.6. The number of nitro groups is 1. The normalized spacial score (nSPS) is 19.2. The van der Waals surface area contributed by atoms with Crippen LogP contribution >= 0.6 is 0 Å². The van der Waals surface area contributed by atoms with Crippen molar-refractivity contribution in [3.63, 3.8) is 0 Å². The first-order chi connectivity index (χ1) is 9.13. The molecule has 0 radical (unpaired) electrons. The lowest BCUT2D eigenvalue weighted by atomic mass is 10.1. The van der Waals surface area contributed by atoms with Crippen LogP contribution in [0.15, 0.2) is 12.1 Å². The fourth-order valence-electron chi connectivity index (χ4n) is 2.57. The second-order valence-corrected chi connectivity index (χ2v) is 4.84. The number of pyridine rings is 1. The van der Waals surface area contributed by atoms with Gasteiger partial charge >= 0.3 is 5.69 Å². The van der Waals surface area contributed by atoms with Gasteiger partial charge in [-0.1, -0.05) is 0 Å². The Hall–Kier alpha value is -1.69. The average Bonchev–Trinajstić information content (AvgIpc) is 2.40. The summed E-state index contributed by atoms with van der Waals surface area (Å²) in [6.07, 6.45) is 2.15. The molecule has 1 fully saturated rings. The van der Waals surface area contributed by atoms with Crippen molar-refractivity contribution in [3.05, 3.63) is 27.9 Å². The number of hydrogen-bond donors (Lipinski definition) is 1. The molecular formula is C13H20N4O2. The van der Waals surface area contributed by atoms with Crippen molar-refractivity contribution in [3.8, 4) is 0 Å². The van der Waals surface area contributed by atoms with E-state index in [2.05, 4.69) is 15.2 Å². The maximum Gasteiger partial charge on any atom is 0.311 e. The second-order valence-electron chi connectivity index (χ2n) is 4.84. The molecule has 1 aromatic rings. The summed E-state index contributed by atoms with van der Waals surface area (Å²) < 4.78 is 0. The van der Waals surface area contributed by atoms with E-state index < -0.39 is 0 Å². The molecule has 0 aromatic carbocycles. The number of aromatic nitrogens is 1. The molecule has 1 aliphatic rings. The number of nitrogens with zero attached hydrogens (tertiary/aromatic N) is 3. The third kappa shape index (κ3) is 3.01. The molecule has 1 saturated heterocycles. The highest BCUT2D eigenvalue weighted by Crippen LogP contribution is 2.28. The fraction of sp³-hybridized carbons (Fsp3) is 0.615. The Morgan fingerprint density at radius 3 is 2.95 bits per heavy atom. The van der Waals surface area contributed by atoms with Gasteiger partial charge in [-0.05, 0) is 39.3 Å². The number of anilines is 1. The van der Waals surface area contributed by atoms with Gasteiger partial charge in [0.2, 0.25) is 5.82 Å². The van der Waals surface area contributed by atoms with Crippen LogP contribution in [0.2, 0.25) is 0 Å². The smallest absolute Gasteiger partial charge is 0.311 e. The number of likely N-dealkylation sites (N-methyl/N-ethyl adjacent to an activating group) is 1. The van der Waals surface area contributed by atoms with Gasteiger partial charge in [-0.3, -0.25) is 10.1 Å². The van der Waals surface area contributed by atoms with Crippen LogP contribution in [0.3, 0.4) is 0 Å². The maximum absolute atomic E-state index is 11.2. The van der Waals surface area contributed by atoms with Gasteiger partial charge in [-0.2, -0.15) is 0 Å². The van der Waals surface area contributed by atoms with Crippen LogP contribution in [-0.4, -0.2) is 35.6 Å². The van der Waals surface area contributed by atoms with Crippen molar-refractivity contribution in [2.75, 3.05) is 24.5 Å². The van der Waals surface area contributed by atoms with Gasteiger partial charge in [-0.25, -0.2) is 4.98 Å². The van der Waals surface area contributed by atoms with Crippen molar-refractivity contribution in [2.24, 2.45) is 0 Å². The van der Waals surface area contributed by atoms with Crippen molar-refractivity contribution >= 4 is 11.5 Å². The molecule has 2 heterocycles. The standard InChI is InChI=1S/C13H20N4O2/c1-3-16(11-5-4-8-14-9-11)13-12(17(18)19)7-6-10(2)15-13/h6-7,11,14H,3-5,8-9H2,1-2H3. The van der Waals surface area contributed by atoms with Crippen molar-refractivity contribution in [1.29, 1.82) is 0 Å². The monoisotopic (exact) mass is 264 g/mol. The van der Waals surface area contributed by atoms with Gasteiger partial charge in [0.1, 0.15) is 0 Å². The van der Waals surface area contributed by atoms with Crippen LogP contribution in [0.25, 0.3) is 0 Å². The highest BCUT2D eigenvalue weighted by molar-refractivity contribution is 5.58. The summed E-state index contributed by atoms with van der Waals surface area (Å²) >= 11 is 0. The van der Waals surface area contributed by atoms with Crippen LogP contribution in [-0.2, 0) is 0 Å². The molecule has 6 nitrogen and oxygen atoms in total. The van der Waals surface area contributed by atoms with E-state index in [1.54, 1.807) is 12.1 Å². The minimum Gasteiger partial charge on any atom is -0.347 e. The Morgan fingerprint density at radius 2 is 2.37 bits per heavy atom. The van der Waals surface area contributed by atoms with E-state index in [4.69, 9.17) is 0 Å². The number of hydrogen-bond acceptors (Lipinski definition) is 5. The molecule has 1 aliphatic heterocycles. The predicted molar refractivity (Wildman–Crippen MR) is 74.5 cm³/mol. The first-order valence-corrected chi connectivity index (χ1v) is 6.73. The van der Waals surface area contributed by atoms with Crippen LogP contribution in [0, 0.1) is 17.0 Å². The van der Waals surface area contributed by atoms with E-state index in [0.29, 0.717) is 5.82 Å². The zero-order valence-corrected chi connectivity index (χ0v) is 11.4. The molecule has 0 amide bonds. The molecule has 0 aliphatic carbocycles. The van der Waals surface area contributed by atoms with Gasteiger partial charge in [0.25, 0.3) is 0 Å². The molecule has 104 valence electrons. The van der Waals surface area contributed by atoms with E-state index in [9.17, 15) is 10.1 Å². The summed E-state index contributed by atoms with van der Waals surface area (Å²) in [5.74, 6) is 0.501. The van der Waals surface area contributed by atoms with Gasteiger partial charge < -0.3 is 10.2 Å². The Kier molecular flexibility index (Phi) is 4.31. The van der Waals surface area contributed by atoms with Gasteiger partial charge in [0, 0.05) is 30.9 Å². The first kappa shape index (κ1) is 13.7. The number of nitrogens with one attached hydrogen (secondary N) is 1. The number of aryl methyl sites for hydroxylation is 1. The van der Waals surface area contributed by atoms with Crippen LogP contribution in [0.4, 0.5) is 11.5 Å². The average molecular weight is 264 g/mol. The largest absolute Gasteiger partial charge is 0.347 e. The second kappa shape index (κ2) is 5.97. The van der Waals surface area contributed by atoms with Gasteiger partial charge in [-0.15, -0.1) is 0 Å². The molecule has 1 N–H and O–H groups in total. The summed E-state index contributed by atoms with van der Waals surface area (Å²) in [6, 6.07) is 3.53. The van der Waals surface area contributed by atoms with Crippen LogP contribution < -0.4 is 10.2 Å². The Morgan fingerprint density at radius 1 is 1.58 bits per heavy atom. The van der Waals surface area contributed by atoms with E-state index >= 15 is 0 Å². The number of piperidine rings is 1. The van der Waals surface area contributed by atoms with Gasteiger partial charge in [0.15, 0.2) is 0 Å².